The largest absolute Gasteiger partial charge is 0.458 e. The SMILES string of the molecule is CC(C)(C)c1cc(-c2cc3c4c(c2)Oc2c(ccc5c2c2cccc6c7ccccc7n5c62)B4c2ccc4c(c2O3)c2cccc3c5ccccc5n4c32)cc(C(C)(C)C)c1. The minimum absolute atomic E-state index is 0.0288. The summed E-state index contributed by atoms with van der Waals surface area (Å²) in [4.78, 5) is 0. The number of ether oxygens (including phenoxy) is 2. The van der Waals surface area contributed by atoms with Crippen LogP contribution in [0, 0.1) is 0 Å². The van der Waals surface area contributed by atoms with Crippen LogP contribution in [0.15, 0.2) is 140 Å². The summed E-state index contributed by atoms with van der Waals surface area (Å²) in [6, 6.07) is 52.1. The highest BCUT2D eigenvalue weighted by Crippen LogP contribution is 2.49. The number of hydrogen-bond donors (Lipinski definition) is 0. The lowest BCUT2D eigenvalue weighted by molar-refractivity contribution is 0.470. The fraction of sp³-hybridized carbons (Fsp3) is 0.143. The molecule has 5 heteroatoms. The molecule has 6 heterocycles. The minimum atomic E-state index is -0.0972. The first-order chi connectivity index (χ1) is 29.5. The van der Waals surface area contributed by atoms with Gasteiger partial charge in [0.1, 0.15) is 23.0 Å². The molecule has 0 saturated carbocycles. The van der Waals surface area contributed by atoms with Crippen LogP contribution in [0.25, 0.3) is 87.3 Å². The zero-order chi connectivity index (χ0) is 40.8. The Labute approximate surface area is 353 Å². The third kappa shape index (κ3) is 4.21. The van der Waals surface area contributed by atoms with Crippen molar-refractivity contribution in [1.82, 2.24) is 8.80 Å². The molecule has 290 valence electrons. The molecular formula is C56H41BN2O2. The van der Waals surface area contributed by atoms with Crippen molar-refractivity contribution in [3.8, 4) is 34.1 Å². The van der Waals surface area contributed by atoms with E-state index in [1.165, 1.54) is 82.0 Å². The fourth-order valence-electron chi connectivity index (χ4n) is 11.3. The predicted octanol–water partition coefficient (Wildman–Crippen LogP) is 13.0. The third-order valence-electron chi connectivity index (χ3n) is 14.2. The van der Waals surface area contributed by atoms with Crippen molar-refractivity contribution >= 4 is 99.3 Å². The Bertz CT molecular complexity index is 3660. The number of hydrogen-bond acceptors (Lipinski definition) is 2. The molecule has 0 amide bonds. The van der Waals surface area contributed by atoms with Crippen LogP contribution in [0.3, 0.4) is 0 Å². The number of para-hydroxylation sites is 4. The van der Waals surface area contributed by atoms with Gasteiger partial charge in [-0.15, -0.1) is 0 Å². The van der Waals surface area contributed by atoms with Crippen LogP contribution < -0.4 is 25.9 Å². The van der Waals surface area contributed by atoms with Gasteiger partial charge in [0.25, 0.3) is 6.71 Å². The second kappa shape index (κ2) is 11.0. The summed E-state index contributed by atoms with van der Waals surface area (Å²) < 4.78 is 19.7. The number of benzene rings is 8. The molecule has 0 bridgehead atoms. The lowest BCUT2D eigenvalue weighted by atomic mass is 9.34. The summed E-state index contributed by atoms with van der Waals surface area (Å²) in [5.74, 6) is 3.58. The van der Waals surface area contributed by atoms with Crippen LogP contribution in [0.1, 0.15) is 52.7 Å². The molecule has 0 spiro atoms. The van der Waals surface area contributed by atoms with Crippen molar-refractivity contribution in [3.63, 3.8) is 0 Å². The number of fused-ring (bicyclic) bond motifs is 18. The quantitative estimate of drug-likeness (QED) is 0.155. The van der Waals surface area contributed by atoms with Gasteiger partial charge in [-0.25, -0.2) is 0 Å². The van der Waals surface area contributed by atoms with Gasteiger partial charge < -0.3 is 18.3 Å². The van der Waals surface area contributed by atoms with Crippen LogP contribution >= 0.6 is 0 Å². The highest BCUT2D eigenvalue weighted by molar-refractivity contribution is 6.98. The highest BCUT2D eigenvalue weighted by Gasteiger charge is 2.43. The van der Waals surface area contributed by atoms with E-state index in [4.69, 9.17) is 9.47 Å². The van der Waals surface area contributed by atoms with Gasteiger partial charge in [-0.1, -0.05) is 145 Å². The topological polar surface area (TPSA) is 27.3 Å². The van der Waals surface area contributed by atoms with E-state index in [9.17, 15) is 0 Å². The highest BCUT2D eigenvalue weighted by atomic mass is 16.5. The van der Waals surface area contributed by atoms with E-state index in [1.54, 1.807) is 0 Å². The summed E-state index contributed by atoms with van der Waals surface area (Å²) in [7, 11) is 0. The standard InChI is InChI=1S/C56H41BN2O2/c1-55(2,3)32-25-30(26-33(29-32)56(4,5)6)31-27-46-50-47(28-31)61-54-41(22-24-45-49(54)39-18-12-16-37-35-14-8-10-20-43(35)59(45)52(37)39)57(50)40-21-23-44-48(53(40)60-46)38-17-11-15-36-34-13-7-9-19-42(34)58(44)51(36)38/h7-29H,1-6H3. The third-order valence-corrected chi connectivity index (χ3v) is 14.2. The van der Waals surface area contributed by atoms with Gasteiger partial charge in [0.2, 0.25) is 0 Å². The van der Waals surface area contributed by atoms with Crippen LogP contribution in [-0.2, 0) is 10.8 Å². The maximum Gasteiger partial charge on any atom is 0.260 e. The summed E-state index contributed by atoms with van der Waals surface area (Å²) >= 11 is 0. The zero-order valence-corrected chi connectivity index (χ0v) is 35.1. The van der Waals surface area contributed by atoms with E-state index in [0.717, 1.165) is 55.8 Å². The van der Waals surface area contributed by atoms with Gasteiger partial charge in [0.15, 0.2) is 0 Å². The normalized spacial score (nSPS) is 14.0. The maximum absolute atomic E-state index is 7.41. The van der Waals surface area contributed by atoms with Crippen LogP contribution in [-0.4, -0.2) is 15.5 Å². The van der Waals surface area contributed by atoms with Gasteiger partial charge >= 0.3 is 0 Å². The molecule has 0 unspecified atom stereocenters. The van der Waals surface area contributed by atoms with E-state index in [-0.39, 0.29) is 17.5 Å². The van der Waals surface area contributed by atoms with Crippen molar-refractivity contribution in [2.24, 2.45) is 0 Å². The molecule has 2 aliphatic rings. The molecule has 4 aromatic heterocycles. The van der Waals surface area contributed by atoms with E-state index in [1.807, 2.05) is 0 Å². The molecule has 61 heavy (non-hydrogen) atoms. The van der Waals surface area contributed by atoms with Crippen molar-refractivity contribution in [3.05, 3.63) is 151 Å². The van der Waals surface area contributed by atoms with E-state index >= 15 is 0 Å². The second-order valence-electron chi connectivity index (χ2n) is 19.7. The maximum atomic E-state index is 7.41. The first-order valence-corrected chi connectivity index (χ1v) is 21.6. The number of rotatable bonds is 1. The van der Waals surface area contributed by atoms with Crippen molar-refractivity contribution < 1.29 is 9.47 Å². The Kier molecular flexibility index (Phi) is 6.12. The molecular weight excluding hydrogens is 743 g/mol. The first-order valence-electron chi connectivity index (χ1n) is 21.6. The monoisotopic (exact) mass is 784 g/mol. The smallest absolute Gasteiger partial charge is 0.260 e. The van der Waals surface area contributed by atoms with Crippen molar-refractivity contribution in [2.75, 3.05) is 0 Å². The Morgan fingerprint density at radius 2 is 0.836 bits per heavy atom. The van der Waals surface area contributed by atoms with E-state index in [2.05, 4.69) is 190 Å². The van der Waals surface area contributed by atoms with Gasteiger partial charge in [-0.3, -0.25) is 0 Å². The molecule has 2 aliphatic heterocycles. The Balaban J connectivity index is 1.10. The van der Waals surface area contributed by atoms with Gasteiger partial charge in [0, 0.05) is 37.8 Å². The Hall–Kier alpha value is -6.98. The molecule has 0 saturated heterocycles. The van der Waals surface area contributed by atoms with Crippen molar-refractivity contribution in [1.29, 1.82) is 0 Å². The summed E-state index contributed by atoms with van der Waals surface area (Å²) in [5.41, 5.74) is 15.5. The summed E-state index contributed by atoms with van der Waals surface area (Å²) in [6.07, 6.45) is 0. The number of nitrogens with zero attached hydrogens (tertiary/aromatic N) is 2. The average Bonchev–Trinajstić information content (AvgIpc) is 3.99. The van der Waals surface area contributed by atoms with Crippen LogP contribution in [0.5, 0.6) is 23.0 Å². The predicted molar refractivity (Wildman–Crippen MR) is 256 cm³/mol. The molecule has 0 aliphatic carbocycles. The minimum Gasteiger partial charge on any atom is -0.458 e. The molecule has 0 N–H and O–H groups in total. The molecule has 0 fully saturated rings. The Morgan fingerprint density at radius 3 is 1.31 bits per heavy atom. The molecule has 0 atom stereocenters. The lowest BCUT2D eigenvalue weighted by Gasteiger charge is -2.34. The molecule has 8 aromatic carbocycles. The Morgan fingerprint density at radius 1 is 0.410 bits per heavy atom. The van der Waals surface area contributed by atoms with Crippen LogP contribution in [0.2, 0.25) is 0 Å². The summed E-state index contributed by atoms with van der Waals surface area (Å²) in [6.45, 7) is 13.7. The van der Waals surface area contributed by atoms with Gasteiger partial charge in [-0.2, -0.15) is 0 Å². The molecule has 0 radical (unpaired) electrons. The second-order valence-corrected chi connectivity index (χ2v) is 19.7. The average molecular weight is 785 g/mol. The van der Waals surface area contributed by atoms with E-state index in [0.29, 0.717) is 0 Å². The van der Waals surface area contributed by atoms with Gasteiger partial charge in [-0.05, 0) is 80.4 Å². The number of aromatic nitrogens is 2. The molecule has 14 rings (SSSR count). The van der Waals surface area contributed by atoms with E-state index < -0.39 is 0 Å². The summed E-state index contributed by atoms with van der Waals surface area (Å²) in [5, 5.41) is 9.83. The lowest BCUT2D eigenvalue weighted by Crippen LogP contribution is -2.57. The fourth-order valence-corrected chi connectivity index (χ4v) is 11.3. The van der Waals surface area contributed by atoms with Crippen LogP contribution in [0.4, 0.5) is 0 Å². The van der Waals surface area contributed by atoms with Crippen molar-refractivity contribution in [2.45, 2.75) is 52.4 Å². The first kappa shape index (κ1) is 33.8. The molecule has 4 nitrogen and oxygen atoms in total. The zero-order valence-electron chi connectivity index (χ0n) is 35.1. The van der Waals surface area contributed by atoms with Gasteiger partial charge in [0.05, 0.1) is 43.9 Å². The molecule has 12 aromatic rings.